The highest BCUT2D eigenvalue weighted by molar-refractivity contribution is 6.39. The maximum Gasteiger partial charge on any atom is 0.347 e. The molecule has 2 rings (SSSR count). The van der Waals surface area contributed by atoms with E-state index in [0.29, 0.717) is 5.56 Å². The number of carbonyl (C=O) groups is 4. The summed E-state index contributed by atoms with van der Waals surface area (Å²) in [6, 6.07) is 18.1. The predicted molar refractivity (Wildman–Crippen MR) is 111 cm³/mol. The highest BCUT2D eigenvalue weighted by Crippen LogP contribution is 2.19. The molecule has 0 aliphatic heterocycles. The maximum atomic E-state index is 12.9. The van der Waals surface area contributed by atoms with Crippen LogP contribution in [0.3, 0.4) is 0 Å². The van der Waals surface area contributed by atoms with Gasteiger partial charge in [0.2, 0.25) is 5.54 Å². The molecule has 0 radical (unpaired) electrons. The van der Waals surface area contributed by atoms with Gasteiger partial charge in [0.05, 0.1) is 0 Å². The van der Waals surface area contributed by atoms with E-state index in [0.717, 1.165) is 0 Å². The second kappa shape index (κ2) is 9.67. The van der Waals surface area contributed by atoms with E-state index in [1.807, 2.05) is 5.32 Å². The average molecular weight is 421 g/mol. The van der Waals surface area contributed by atoms with E-state index < -0.39 is 34.8 Å². The zero-order valence-corrected chi connectivity index (χ0v) is 17.5. The van der Waals surface area contributed by atoms with E-state index in [2.05, 4.69) is 5.32 Å². The first kappa shape index (κ1) is 23.3. The molecule has 0 spiro atoms. The minimum Gasteiger partial charge on any atom is -0.457 e. The third kappa shape index (κ3) is 6.51. The summed E-state index contributed by atoms with van der Waals surface area (Å²) in [5, 5.41) is 13.9. The number of nitrogens with zero attached hydrogens (tertiary/aromatic N) is 1. The SMILES string of the molecule is CC(C)(C)OC(=O)C(C#N)(Cc1ccccc1)NC(=O)C(=O)NC(=O)c1ccccc1. The molecule has 1 unspecified atom stereocenters. The maximum absolute atomic E-state index is 12.9. The number of ether oxygens (including phenoxy) is 1. The molecule has 160 valence electrons. The van der Waals surface area contributed by atoms with Crippen molar-refractivity contribution in [3.63, 3.8) is 0 Å². The van der Waals surface area contributed by atoms with Gasteiger partial charge < -0.3 is 10.1 Å². The van der Waals surface area contributed by atoms with E-state index in [1.165, 1.54) is 12.1 Å². The molecule has 0 saturated heterocycles. The lowest BCUT2D eigenvalue weighted by atomic mass is 9.91. The first-order chi connectivity index (χ1) is 14.6. The topological polar surface area (TPSA) is 125 Å². The average Bonchev–Trinajstić information content (AvgIpc) is 2.73. The van der Waals surface area contributed by atoms with Crippen LogP contribution in [0, 0.1) is 11.3 Å². The molecular formula is C23H23N3O5. The van der Waals surface area contributed by atoms with Gasteiger partial charge in [-0.1, -0.05) is 48.5 Å². The zero-order valence-electron chi connectivity index (χ0n) is 17.5. The molecular weight excluding hydrogens is 398 g/mol. The standard InChI is InChI=1S/C23H23N3O5/c1-22(2,3)31-21(30)23(15-24,14-16-10-6-4-7-11-16)26-20(29)19(28)25-18(27)17-12-8-5-9-13-17/h4-13H,14H2,1-3H3,(H,26,29)(H,25,27,28). The number of rotatable bonds is 5. The van der Waals surface area contributed by atoms with Crippen LogP contribution >= 0.6 is 0 Å². The van der Waals surface area contributed by atoms with Crippen LogP contribution in [0.25, 0.3) is 0 Å². The van der Waals surface area contributed by atoms with Gasteiger partial charge in [-0.3, -0.25) is 19.7 Å². The molecule has 8 nitrogen and oxygen atoms in total. The summed E-state index contributed by atoms with van der Waals surface area (Å²) in [5.41, 5.74) is -2.37. The lowest BCUT2D eigenvalue weighted by Crippen LogP contribution is -2.60. The molecule has 0 heterocycles. The zero-order chi connectivity index (χ0) is 23.1. The van der Waals surface area contributed by atoms with Crippen LogP contribution in [-0.4, -0.2) is 34.8 Å². The second-order valence-corrected chi connectivity index (χ2v) is 7.78. The monoisotopic (exact) mass is 421 g/mol. The van der Waals surface area contributed by atoms with E-state index in [-0.39, 0.29) is 12.0 Å². The van der Waals surface area contributed by atoms with Crippen LogP contribution in [-0.2, 0) is 25.5 Å². The normalized spacial score (nSPS) is 12.6. The van der Waals surface area contributed by atoms with Crippen LogP contribution in [0.4, 0.5) is 0 Å². The van der Waals surface area contributed by atoms with Crippen LogP contribution < -0.4 is 10.6 Å². The van der Waals surface area contributed by atoms with Gasteiger partial charge in [0.25, 0.3) is 5.91 Å². The van der Waals surface area contributed by atoms with Crippen LogP contribution in [0.1, 0.15) is 36.7 Å². The van der Waals surface area contributed by atoms with Crippen molar-refractivity contribution in [1.29, 1.82) is 5.26 Å². The minimum atomic E-state index is -2.17. The van der Waals surface area contributed by atoms with Crippen molar-refractivity contribution in [1.82, 2.24) is 10.6 Å². The van der Waals surface area contributed by atoms with Crippen molar-refractivity contribution in [3.05, 3.63) is 71.8 Å². The molecule has 31 heavy (non-hydrogen) atoms. The summed E-state index contributed by atoms with van der Waals surface area (Å²) < 4.78 is 5.32. The number of carbonyl (C=O) groups excluding carboxylic acids is 4. The van der Waals surface area contributed by atoms with Crippen LogP contribution in [0.15, 0.2) is 60.7 Å². The number of esters is 1. The first-order valence-corrected chi connectivity index (χ1v) is 9.48. The second-order valence-electron chi connectivity index (χ2n) is 7.78. The Balaban J connectivity index is 2.25. The summed E-state index contributed by atoms with van der Waals surface area (Å²) >= 11 is 0. The third-order valence-corrected chi connectivity index (χ3v) is 4.05. The van der Waals surface area contributed by atoms with Gasteiger partial charge in [-0.2, -0.15) is 5.26 Å². The largest absolute Gasteiger partial charge is 0.457 e. The number of hydrogen-bond acceptors (Lipinski definition) is 6. The number of benzene rings is 2. The Morgan fingerprint density at radius 3 is 1.97 bits per heavy atom. The summed E-state index contributed by atoms with van der Waals surface area (Å²) in [4.78, 5) is 49.8. The summed E-state index contributed by atoms with van der Waals surface area (Å²) in [6.45, 7) is 4.84. The van der Waals surface area contributed by atoms with E-state index in [9.17, 15) is 24.4 Å². The molecule has 8 heteroatoms. The smallest absolute Gasteiger partial charge is 0.347 e. The van der Waals surface area contributed by atoms with Crippen molar-refractivity contribution in [2.24, 2.45) is 0 Å². The fraction of sp³-hybridized carbons (Fsp3) is 0.261. The van der Waals surface area contributed by atoms with E-state index in [1.54, 1.807) is 75.4 Å². The van der Waals surface area contributed by atoms with Crippen LogP contribution in [0.5, 0.6) is 0 Å². The Morgan fingerprint density at radius 1 is 0.903 bits per heavy atom. The Hall–Kier alpha value is -3.99. The first-order valence-electron chi connectivity index (χ1n) is 9.48. The third-order valence-electron chi connectivity index (χ3n) is 4.05. The predicted octanol–water partition coefficient (Wildman–Crippen LogP) is 1.91. The molecule has 3 amide bonds. The highest BCUT2D eigenvalue weighted by Gasteiger charge is 2.45. The van der Waals surface area contributed by atoms with Gasteiger partial charge in [-0.15, -0.1) is 0 Å². The van der Waals surface area contributed by atoms with E-state index >= 15 is 0 Å². The number of nitriles is 1. The Morgan fingerprint density at radius 2 is 1.45 bits per heavy atom. The summed E-state index contributed by atoms with van der Waals surface area (Å²) in [5.74, 6) is -4.41. The van der Waals surface area contributed by atoms with Gasteiger partial charge in [0.15, 0.2) is 0 Å². The summed E-state index contributed by atoms with van der Waals surface area (Å²) in [7, 11) is 0. The Labute approximate surface area is 180 Å². The highest BCUT2D eigenvalue weighted by atomic mass is 16.6. The van der Waals surface area contributed by atoms with Crippen LogP contribution in [0.2, 0.25) is 0 Å². The van der Waals surface area contributed by atoms with Gasteiger partial charge >= 0.3 is 17.8 Å². The quantitative estimate of drug-likeness (QED) is 0.561. The van der Waals surface area contributed by atoms with Gasteiger partial charge in [-0.25, -0.2) is 4.79 Å². The number of nitrogens with one attached hydrogen (secondary N) is 2. The molecule has 0 bridgehead atoms. The minimum absolute atomic E-state index is 0.173. The molecule has 0 fully saturated rings. The molecule has 1 atom stereocenters. The van der Waals surface area contributed by atoms with Gasteiger partial charge in [0.1, 0.15) is 11.7 Å². The van der Waals surface area contributed by atoms with Crippen molar-refractivity contribution < 1.29 is 23.9 Å². The number of hydrogen-bond donors (Lipinski definition) is 2. The fourth-order valence-corrected chi connectivity index (χ4v) is 2.62. The summed E-state index contributed by atoms with van der Waals surface area (Å²) in [6.07, 6.45) is -0.231. The molecule has 0 saturated carbocycles. The molecule has 0 aromatic heterocycles. The van der Waals surface area contributed by atoms with Crippen molar-refractivity contribution >= 4 is 23.7 Å². The molecule has 2 N–H and O–H groups in total. The van der Waals surface area contributed by atoms with Crippen molar-refractivity contribution in [3.8, 4) is 6.07 Å². The number of imide groups is 1. The van der Waals surface area contributed by atoms with Gasteiger partial charge in [0, 0.05) is 12.0 Å². The molecule has 0 aliphatic rings. The van der Waals surface area contributed by atoms with E-state index in [4.69, 9.17) is 4.74 Å². The Kier molecular flexibility index (Phi) is 7.27. The Bertz CT molecular complexity index is 1010. The molecule has 2 aromatic carbocycles. The van der Waals surface area contributed by atoms with Crippen molar-refractivity contribution in [2.75, 3.05) is 0 Å². The van der Waals surface area contributed by atoms with Crippen molar-refractivity contribution in [2.45, 2.75) is 38.3 Å². The lowest BCUT2D eigenvalue weighted by Gasteiger charge is -2.29. The lowest BCUT2D eigenvalue weighted by molar-refractivity contribution is -0.162. The number of amides is 3. The fourth-order valence-electron chi connectivity index (χ4n) is 2.62. The molecule has 0 aliphatic carbocycles. The van der Waals surface area contributed by atoms with Gasteiger partial charge in [-0.05, 0) is 38.5 Å². The molecule has 2 aromatic rings.